The van der Waals surface area contributed by atoms with Crippen LogP contribution in [0.25, 0.3) is 0 Å². The van der Waals surface area contributed by atoms with E-state index in [0.29, 0.717) is 18.4 Å². The van der Waals surface area contributed by atoms with E-state index in [1.165, 1.54) is 32.1 Å². The van der Waals surface area contributed by atoms with Gasteiger partial charge in [-0.15, -0.1) is 0 Å². The van der Waals surface area contributed by atoms with Crippen molar-refractivity contribution < 1.29 is 4.79 Å². The fourth-order valence-electron chi connectivity index (χ4n) is 6.79. The van der Waals surface area contributed by atoms with Crippen molar-refractivity contribution in [1.82, 2.24) is 30.3 Å². The zero-order chi connectivity index (χ0) is 24.8. The van der Waals surface area contributed by atoms with Crippen molar-refractivity contribution >= 4 is 17.5 Å². The Morgan fingerprint density at radius 1 is 1.11 bits per heavy atom. The Labute approximate surface area is 220 Å². The minimum Gasteiger partial charge on any atom is -0.341 e. The van der Waals surface area contributed by atoms with Gasteiger partial charge in [-0.25, -0.2) is 4.98 Å². The third-order valence-corrected chi connectivity index (χ3v) is 9.12. The van der Waals surface area contributed by atoms with Gasteiger partial charge in [0.1, 0.15) is 12.7 Å². The van der Waals surface area contributed by atoms with E-state index in [1.54, 1.807) is 6.33 Å². The largest absolute Gasteiger partial charge is 0.341 e. The van der Waals surface area contributed by atoms with E-state index in [4.69, 9.17) is 11.6 Å². The average molecular weight is 513 g/mol. The lowest BCUT2D eigenvalue weighted by Crippen LogP contribution is -2.57. The molecule has 0 spiro atoms. The zero-order valence-corrected chi connectivity index (χ0v) is 22.1. The molecule has 2 aromatic rings. The van der Waals surface area contributed by atoms with Crippen molar-refractivity contribution in [1.29, 1.82) is 0 Å². The van der Waals surface area contributed by atoms with Gasteiger partial charge in [-0.1, -0.05) is 43.0 Å². The monoisotopic (exact) mass is 512 g/mol. The highest BCUT2D eigenvalue weighted by Gasteiger charge is 2.43. The highest BCUT2D eigenvalue weighted by Crippen LogP contribution is 2.47. The Morgan fingerprint density at radius 2 is 1.89 bits per heavy atom. The molecule has 1 aromatic heterocycles. The number of piperidine rings is 2. The number of hydrogen-bond acceptors (Lipinski definition) is 5. The summed E-state index contributed by atoms with van der Waals surface area (Å²) in [6.45, 7) is 4.56. The van der Waals surface area contributed by atoms with Crippen molar-refractivity contribution in [2.45, 2.75) is 82.8 Å². The number of benzene rings is 1. The average Bonchev–Trinajstić information content (AvgIpc) is 3.43. The number of carbonyl (C=O) groups excluding carboxylic acids is 1. The summed E-state index contributed by atoms with van der Waals surface area (Å²) in [6.07, 6.45) is 15.1. The van der Waals surface area contributed by atoms with Gasteiger partial charge in [0.15, 0.2) is 0 Å². The molecule has 3 aliphatic rings. The molecular weight excluding hydrogens is 472 g/mol. The molecule has 0 radical (unpaired) electrons. The van der Waals surface area contributed by atoms with Crippen molar-refractivity contribution in [2.24, 2.45) is 11.3 Å². The lowest BCUT2D eigenvalue weighted by atomic mass is 9.63. The molecule has 3 fully saturated rings. The first kappa shape index (κ1) is 25.7. The van der Waals surface area contributed by atoms with Gasteiger partial charge in [-0.3, -0.25) is 9.48 Å². The summed E-state index contributed by atoms with van der Waals surface area (Å²) in [6, 6.07) is 8.05. The molecular formula is C28H41ClN6O. The second-order valence-electron chi connectivity index (χ2n) is 11.2. The number of nitrogens with zero attached hydrogens (tertiary/aromatic N) is 4. The van der Waals surface area contributed by atoms with Crippen molar-refractivity contribution in [3.63, 3.8) is 0 Å². The molecule has 7 nitrogen and oxygen atoms in total. The summed E-state index contributed by atoms with van der Waals surface area (Å²) in [5, 5.41) is 12.4. The van der Waals surface area contributed by atoms with Crippen LogP contribution in [0.1, 0.15) is 63.4 Å². The quantitative estimate of drug-likeness (QED) is 0.557. The van der Waals surface area contributed by atoms with E-state index in [0.717, 1.165) is 69.0 Å². The maximum atomic E-state index is 13.9. The third-order valence-electron chi connectivity index (χ3n) is 8.87. The fourth-order valence-corrected chi connectivity index (χ4v) is 6.92. The molecule has 8 heteroatoms. The minimum atomic E-state index is -0.214. The van der Waals surface area contributed by atoms with Gasteiger partial charge in [-0.05, 0) is 80.5 Å². The minimum absolute atomic E-state index is 0.206. The Morgan fingerprint density at radius 3 is 2.56 bits per heavy atom. The Hall–Kier alpha value is -1.96. The Balaban J connectivity index is 1.28. The molecule has 2 saturated heterocycles. The third kappa shape index (κ3) is 6.29. The first-order valence-electron chi connectivity index (χ1n) is 13.9. The molecule has 36 heavy (non-hydrogen) atoms. The van der Waals surface area contributed by atoms with Gasteiger partial charge in [0.05, 0.1) is 6.04 Å². The maximum Gasteiger partial charge on any atom is 0.240 e. The van der Waals surface area contributed by atoms with Gasteiger partial charge in [0.25, 0.3) is 0 Å². The van der Waals surface area contributed by atoms with Gasteiger partial charge in [-0.2, -0.15) is 5.10 Å². The summed E-state index contributed by atoms with van der Waals surface area (Å²) >= 11 is 6.12. The molecule has 3 heterocycles. The number of carbonyl (C=O) groups is 1. The van der Waals surface area contributed by atoms with Crippen LogP contribution in [0.5, 0.6) is 0 Å². The second-order valence-corrected chi connectivity index (χ2v) is 11.6. The number of likely N-dealkylation sites (tertiary alicyclic amines) is 1. The molecule has 2 N–H and O–H groups in total. The topological polar surface area (TPSA) is 75.1 Å². The molecule has 2 aliphatic heterocycles. The van der Waals surface area contributed by atoms with Crippen molar-refractivity contribution in [3.05, 3.63) is 47.5 Å². The molecule has 1 aliphatic carbocycles. The van der Waals surface area contributed by atoms with E-state index in [9.17, 15) is 4.79 Å². The molecule has 5 rings (SSSR count). The SMILES string of the molecule is O=C([C@@H](Cc1ccc(Cl)cc1)NC1CCCNC1)N1CCC(Cn2cncn2)(C2CCCCC2)CC1. The van der Waals surface area contributed by atoms with Crippen LogP contribution in [0.4, 0.5) is 0 Å². The van der Waals surface area contributed by atoms with Crippen LogP contribution in [-0.4, -0.2) is 63.8 Å². The van der Waals surface area contributed by atoms with E-state index in [2.05, 4.69) is 25.6 Å². The lowest BCUT2D eigenvalue weighted by Gasteiger charge is -2.48. The van der Waals surface area contributed by atoms with Crippen molar-refractivity contribution in [2.75, 3.05) is 26.2 Å². The van der Waals surface area contributed by atoms with Crippen LogP contribution in [0, 0.1) is 11.3 Å². The molecule has 1 amide bonds. The number of aromatic nitrogens is 3. The van der Waals surface area contributed by atoms with Crippen LogP contribution in [-0.2, 0) is 17.8 Å². The number of nitrogens with one attached hydrogen (secondary N) is 2. The number of amides is 1. The first-order valence-corrected chi connectivity index (χ1v) is 14.3. The number of rotatable bonds is 8. The molecule has 1 saturated carbocycles. The summed E-state index contributed by atoms with van der Waals surface area (Å²) in [4.78, 5) is 20.3. The van der Waals surface area contributed by atoms with E-state index < -0.39 is 0 Å². The Bertz CT molecular complexity index is 945. The van der Waals surface area contributed by atoms with Gasteiger partial charge in [0.2, 0.25) is 5.91 Å². The smallest absolute Gasteiger partial charge is 0.240 e. The second kappa shape index (κ2) is 12.1. The van der Waals surface area contributed by atoms with Crippen LogP contribution < -0.4 is 10.6 Å². The molecule has 2 atom stereocenters. The predicted octanol–water partition coefficient (Wildman–Crippen LogP) is 4.07. The maximum absolute atomic E-state index is 13.9. The van der Waals surface area contributed by atoms with Crippen LogP contribution >= 0.6 is 11.6 Å². The van der Waals surface area contributed by atoms with E-state index >= 15 is 0 Å². The summed E-state index contributed by atoms with van der Waals surface area (Å²) in [7, 11) is 0. The zero-order valence-electron chi connectivity index (χ0n) is 21.4. The van der Waals surface area contributed by atoms with Gasteiger partial charge in [0, 0.05) is 37.2 Å². The predicted molar refractivity (Wildman–Crippen MR) is 143 cm³/mol. The van der Waals surface area contributed by atoms with Crippen molar-refractivity contribution in [3.8, 4) is 0 Å². The normalized spacial score (nSPS) is 23.9. The fraction of sp³-hybridized carbons (Fsp3) is 0.679. The van der Waals surface area contributed by atoms with E-state index in [1.807, 2.05) is 35.3 Å². The summed E-state index contributed by atoms with van der Waals surface area (Å²) in [5.74, 6) is 0.956. The number of halogens is 1. The summed E-state index contributed by atoms with van der Waals surface area (Å²) in [5.41, 5.74) is 1.35. The first-order chi connectivity index (χ1) is 17.6. The molecule has 0 bridgehead atoms. The lowest BCUT2D eigenvalue weighted by molar-refractivity contribution is -0.137. The highest BCUT2D eigenvalue weighted by molar-refractivity contribution is 6.30. The van der Waals surface area contributed by atoms with Crippen LogP contribution in [0.2, 0.25) is 5.02 Å². The van der Waals surface area contributed by atoms with Crippen LogP contribution in [0.15, 0.2) is 36.9 Å². The number of hydrogen-bond donors (Lipinski definition) is 2. The Kier molecular flexibility index (Phi) is 8.60. The highest BCUT2D eigenvalue weighted by atomic mass is 35.5. The standard InChI is InChI=1S/C28H41ClN6O/c29-24-10-8-22(9-11-24)17-26(33-25-7-4-14-30-18-25)27(36)34-15-12-28(13-16-34,19-35-21-31-20-32-35)23-5-2-1-3-6-23/h8-11,20-21,23,25-26,30,33H,1-7,12-19H2/t25?,26-/m1/s1. The van der Waals surface area contributed by atoms with Gasteiger partial charge < -0.3 is 15.5 Å². The van der Waals surface area contributed by atoms with E-state index in [-0.39, 0.29) is 17.4 Å². The van der Waals surface area contributed by atoms with Gasteiger partial charge >= 0.3 is 0 Å². The van der Waals surface area contributed by atoms with Crippen LogP contribution in [0.3, 0.4) is 0 Å². The molecule has 1 unspecified atom stereocenters. The molecule has 196 valence electrons. The molecule has 1 aromatic carbocycles. The summed E-state index contributed by atoms with van der Waals surface area (Å²) < 4.78 is 2.02.